The highest BCUT2D eigenvalue weighted by Gasteiger charge is 2.37. The third kappa shape index (κ3) is 3.32. The number of carboxylic acid groups (broad SMARTS) is 1. The average Bonchev–Trinajstić information content (AvgIpc) is 3.05. The van der Waals surface area contributed by atoms with E-state index in [1.807, 2.05) is 17.6 Å². The number of fused-ring (bicyclic) bond motifs is 1. The fourth-order valence-electron chi connectivity index (χ4n) is 3.19. The minimum atomic E-state index is -0.724. The summed E-state index contributed by atoms with van der Waals surface area (Å²) in [5.74, 6) is -0.00471. The van der Waals surface area contributed by atoms with E-state index in [0.29, 0.717) is 12.1 Å². The fourth-order valence-corrected chi connectivity index (χ4v) is 4.10. The predicted octanol–water partition coefficient (Wildman–Crippen LogP) is 1.84. The largest absolute Gasteiger partial charge is 0.480 e. The Kier molecular flexibility index (Phi) is 3.73. The standard InChI is InChI=1S/C15H21N5O2S/c1-9-6-20-15(16-9)23-14(18-20)17-11-4-12(5-11)19(8-13(21)22)7-10-2-3-10/h6,10-12H,2-5,7-8H2,1H3,(H,17,18)(H,21,22). The minimum Gasteiger partial charge on any atom is -0.480 e. The molecule has 2 aliphatic carbocycles. The molecule has 2 N–H and O–H groups in total. The number of aryl methyl sites for hydroxylation is 1. The van der Waals surface area contributed by atoms with E-state index in [4.69, 9.17) is 5.11 Å². The predicted molar refractivity (Wildman–Crippen MR) is 88.0 cm³/mol. The highest BCUT2D eigenvalue weighted by atomic mass is 32.1. The lowest BCUT2D eigenvalue weighted by Gasteiger charge is -2.42. The summed E-state index contributed by atoms with van der Waals surface area (Å²) < 4.78 is 1.81. The van der Waals surface area contributed by atoms with E-state index in [9.17, 15) is 4.79 Å². The van der Waals surface area contributed by atoms with E-state index < -0.39 is 5.97 Å². The molecule has 124 valence electrons. The van der Waals surface area contributed by atoms with Gasteiger partial charge in [0.2, 0.25) is 10.1 Å². The van der Waals surface area contributed by atoms with Crippen molar-refractivity contribution in [3.05, 3.63) is 11.9 Å². The molecule has 23 heavy (non-hydrogen) atoms. The maximum absolute atomic E-state index is 11.1. The normalized spacial score (nSPS) is 24.1. The number of rotatable bonds is 7. The summed E-state index contributed by atoms with van der Waals surface area (Å²) >= 11 is 1.56. The first-order chi connectivity index (χ1) is 11.1. The second kappa shape index (κ2) is 5.76. The van der Waals surface area contributed by atoms with Crippen molar-refractivity contribution in [2.24, 2.45) is 5.92 Å². The van der Waals surface area contributed by atoms with Gasteiger partial charge in [-0.15, -0.1) is 5.10 Å². The summed E-state index contributed by atoms with van der Waals surface area (Å²) in [5.41, 5.74) is 0.975. The number of anilines is 1. The van der Waals surface area contributed by atoms with Gasteiger partial charge < -0.3 is 10.4 Å². The Morgan fingerprint density at radius 3 is 2.96 bits per heavy atom. The van der Waals surface area contributed by atoms with Gasteiger partial charge in [-0.05, 0) is 38.5 Å². The van der Waals surface area contributed by atoms with Crippen molar-refractivity contribution in [1.29, 1.82) is 0 Å². The van der Waals surface area contributed by atoms with E-state index in [1.165, 1.54) is 12.8 Å². The molecule has 2 aliphatic rings. The Hall–Kier alpha value is -1.67. The van der Waals surface area contributed by atoms with Gasteiger partial charge in [-0.3, -0.25) is 9.69 Å². The van der Waals surface area contributed by atoms with Gasteiger partial charge in [0.1, 0.15) is 0 Å². The van der Waals surface area contributed by atoms with Crippen LogP contribution in [0.25, 0.3) is 4.96 Å². The Bertz CT molecular complexity index is 685. The first-order valence-electron chi connectivity index (χ1n) is 8.12. The van der Waals surface area contributed by atoms with Crippen LogP contribution in [0, 0.1) is 12.8 Å². The molecular weight excluding hydrogens is 314 g/mol. The molecule has 0 bridgehead atoms. The van der Waals surface area contributed by atoms with Gasteiger partial charge in [0.05, 0.1) is 18.4 Å². The molecule has 0 aromatic carbocycles. The van der Waals surface area contributed by atoms with Crippen LogP contribution in [0.15, 0.2) is 6.20 Å². The maximum Gasteiger partial charge on any atom is 0.317 e. The highest BCUT2D eigenvalue weighted by molar-refractivity contribution is 7.20. The lowest BCUT2D eigenvalue weighted by molar-refractivity contribution is -0.139. The zero-order valence-electron chi connectivity index (χ0n) is 13.1. The molecule has 8 heteroatoms. The molecule has 0 amide bonds. The zero-order chi connectivity index (χ0) is 16.0. The molecule has 0 radical (unpaired) electrons. The fraction of sp³-hybridized carbons (Fsp3) is 0.667. The summed E-state index contributed by atoms with van der Waals surface area (Å²) in [5, 5.41) is 17.9. The third-order valence-corrected chi connectivity index (χ3v) is 5.50. The molecule has 7 nitrogen and oxygen atoms in total. The van der Waals surface area contributed by atoms with Crippen LogP contribution in [0.5, 0.6) is 0 Å². The smallest absolute Gasteiger partial charge is 0.317 e. The van der Waals surface area contributed by atoms with E-state index in [-0.39, 0.29) is 6.54 Å². The van der Waals surface area contributed by atoms with Gasteiger partial charge in [0.25, 0.3) is 0 Å². The average molecular weight is 335 g/mol. The molecule has 0 atom stereocenters. The monoisotopic (exact) mass is 335 g/mol. The summed E-state index contributed by atoms with van der Waals surface area (Å²) in [7, 11) is 0. The van der Waals surface area contributed by atoms with Gasteiger partial charge in [-0.2, -0.15) is 0 Å². The number of aromatic nitrogens is 3. The van der Waals surface area contributed by atoms with Crippen molar-refractivity contribution < 1.29 is 9.90 Å². The van der Waals surface area contributed by atoms with Gasteiger partial charge in [-0.1, -0.05) is 11.3 Å². The molecule has 0 unspecified atom stereocenters. The van der Waals surface area contributed by atoms with Crippen LogP contribution in [0.4, 0.5) is 5.13 Å². The maximum atomic E-state index is 11.1. The van der Waals surface area contributed by atoms with Crippen molar-refractivity contribution in [2.75, 3.05) is 18.4 Å². The van der Waals surface area contributed by atoms with E-state index in [2.05, 4.69) is 20.3 Å². The second-order valence-electron chi connectivity index (χ2n) is 6.75. The van der Waals surface area contributed by atoms with E-state index >= 15 is 0 Å². The molecule has 4 rings (SSSR count). The van der Waals surface area contributed by atoms with Crippen LogP contribution in [-0.2, 0) is 4.79 Å². The Balaban J connectivity index is 1.32. The molecular formula is C15H21N5O2S. The Morgan fingerprint density at radius 1 is 1.52 bits per heavy atom. The first-order valence-corrected chi connectivity index (χ1v) is 8.93. The van der Waals surface area contributed by atoms with Crippen LogP contribution in [0.1, 0.15) is 31.4 Å². The molecule has 2 fully saturated rings. The lowest BCUT2D eigenvalue weighted by atomic mass is 9.85. The Morgan fingerprint density at radius 2 is 2.30 bits per heavy atom. The minimum absolute atomic E-state index is 0.165. The molecule has 2 saturated carbocycles. The third-order valence-electron chi connectivity index (χ3n) is 4.65. The zero-order valence-corrected chi connectivity index (χ0v) is 13.9. The highest BCUT2D eigenvalue weighted by Crippen LogP contribution is 2.35. The number of carboxylic acids is 1. The van der Waals surface area contributed by atoms with Crippen molar-refractivity contribution in [3.63, 3.8) is 0 Å². The summed E-state index contributed by atoms with van der Waals surface area (Å²) in [4.78, 5) is 18.5. The number of imidazole rings is 1. The number of aliphatic carboxylic acids is 1. The molecule has 0 aliphatic heterocycles. The van der Waals surface area contributed by atoms with Crippen molar-refractivity contribution in [1.82, 2.24) is 19.5 Å². The van der Waals surface area contributed by atoms with E-state index in [1.54, 1.807) is 11.3 Å². The molecule has 2 aromatic rings. The number of nitrogens with one attached hydrogen (secondary N) is 1. The summed E-state index contributed by atoms with van der Waals surface area (Å²) in [6, 6.07) is 0.767. The summed E-state index contributed by atoms with van der Waals surface area (Å²) in [6.45, 7) is 3.06. The summed E-state index contributed by atoms with van der Waals surface area (Å²) in [6.07, 6.45) is 6.40. The van der Waals surface area contributed by atoms with Crippen LogP contribution in [0.2, 0.25) is 0 Å². The molecule has 0 saturated heterocycles. The van der Waals surface area contributed by atoms with Crippen molar-refractivity contribution in [2.45, 2.75) is 44.7 Å². The van der Waals surface area contributed by atoms with Crippen LogP contribution >= 0.6 is 11.3 Å². The number of hydrogen-bond acceptors (Lipinski definition) is 6. The van der Waals surface area contributed by atoms with Gasteiger partial charge in [0, 0.05) is 18.6 Å². The number of nitrogens with zero attached hydrogens (tertiary/aromatic N) is 4. The topological polar surface area (TPSA) is 82.8 Å². The van der Waals surface area contributed by atoms with Gasteiger partial charge >= 0.3 is 5.97 Å². The van der Waals surface area contributed by atoms with Crippen molar-refractivity contribution >= 4 is 27.4 Å². The van der Waals surface area contributed by atoms with Gasteiger partial charge in [-0.25, -0.2) is 9.50 Å². The Labute approximate surface area is 138 Å². The SMILES string of the molecule is Cc1cn2nc(NC3CC(N(CC(=O)O)CC4CC4)C3)sc2n1. The van der Waals surface area contributed by atoms with Crippen molar-refractivity contribution in [3.8, 4) is 0 Å². The van der Waals surface area contributed by atoms with Gasteiger partial charge in [0.15, 0.2) is 0 Å². The van der Waals surface area contributed by atoms with Crippen LogP contribution in [-0.4, -0.2) is 55.7 Å². The lowest BCUT2D eigenvalue weighted by Crippen LogP contribution is -2.52. The first kappa shape index (κ1) is 14.9. The van der Waals surface area contributed by atoms with E-state index in [0.717, 1.165) is 41.1 Å². The number of carbonyl (C=O) groups is 1. The second-order valence-corrected chi connectivity index (χ2v) is 7.71. The molecule has 0 spiro atoms. The number of hydrogen-bond donors (Lipinski definition) is 2. The molecule has 2 aromatic heterocycles. The van der Waals surface area contributed by atoms with Crippen LogP contribution in [0.3, 0.4) is 0 Å². The quantitative estimate of drug-likeness (QED) is 0.803. The van der Waals surface area contributed by atoms with Crippen LogP contribution < -0.4 is 5.32 Å². The molecule has 2 heterocycles.